The second-order valence-corrected chi connectivity index (χ2v) is 22.8. The van der Waals surface area contributed by atoms with Gasteiger partial charge in [-0.1, -0.05) is 125 Å². The van der Waals surface area contributed by atoms with Crippen LogP contribution in [0.25, 0.3) is 43.8 Å². The number of fused-ring (bicyclic) bond motifs is 2. The summed E-state index contributed by atoms with van der Waals surface area (Å²) in [5, 5.41) is 5.63. The summed E-state index contributed by atoms with van der Waals surface area (Å²) in [5.41, 5.74) is 12.1. The van der Waals surface area contributed by atoms with Crippen LogP contribution in [0.2, 0.25) is 13.1 Å². The van der Waals surface area contributed by atoms with Crippen LogP contribution in [0, 0.1) is 17.8 Å². The molecule has 0 heterocycles. The van der Waals surface area contributed by atoms with Gasteiger partial charge in [-0.25, -0.2) is 0 Å². The van der Waals surface area contributed by atoms with E-state index in [1.807, 2.05) is 0 Å². The van der Waals surface area contributed by atoms with E-state index in [4.69, 9.17) is 17.0 Å². The van der Waals surface area contributed by atoms with E-state index in [-0.39, 0.29) is 0 Å². The maximum atomic E-state index is 4.93. The summed E-state index contributed by atoms with van der Waals surface area (Å²) < 4.78 is 0. The minimum atomic E-state index is -0.826. The molecule has 0 aliphatic heterocycles. The van der Waals surface area contributed by atoms with Crippen molar-refractivity contribution in [3.05, 3.63) is 131 Å². The van der Waals surface area contributed by atoms with E-state index >= 15 is 0 Å². The molecule has 4 bridgehead atoms. The van der Waals surface area contributed by atoms with Crippen molar-refractivity contribution in [3.63, 3.8) is 0 Å². The molecular formula is C53H62Cl2SiZr. The van der Waals surface area contributed by atoms with Crippen molar-refractivity contribution in [3.8, 4) is 22.3 Å². The Balaban J connectivity index is 0.000000154. The molecule has 6 aromatic carbocycles. The van der Waals surface area contributed by atoms with E-state index in [0.29, 0.717) is 11.3 Å². The molecule has 11 rings (SSSR count). The fourth-order valence-corrected chi connectivity index (χ4v) is 11.4. The first kappa shape index (κ1) is 42.9. The Bertz CT molecular complexity index is 2130. The zero-order chi connectivity index (χ0) is 39.9. The van der Waals surface area contributed by atoms with Crippen LogP contribution in [-0.2, 0) is 32.7 Å². The van der Waals surface area contributed by atoms with E-state index in [1.165, 1.54) is 126 Å². The Kier molecular flexibility index (Phi) is 15.0. The van der Waals surface area contributed by atoms with Gasteiger partial charge in [0.05, 0.1) is 0 Å². The first-order chi connectivity index (χ1) is 27.8. The number of hydrogen-bond acceptors (Lipinski definition) is 0. The summed E-state index contributed by atoms with van der Waals surface area (Å²) in [7, 11) is 11.0. The Morgan fingerprint density at radius 3 is 1.68 bits per heavy atom. The van der Waals surface area contributed by atoms with E-state index < -0.39 is 20.8 Å². The van der Waals surface area contributed by atoms with Crippen LogP contribution in [0.1, 0.15) is 125 Å². The van der Waals surface area contributed by atoms with Gasteiger partial charge in [0.2, 0.25) is 0 Å². The van der Waals surface area contributed by atoms with Gasteiger partial charge in [0.1, 0.15) is 0 Å². The zero-order valence-electron chi connectivity index (χ0n) is 35.0. The summed E-state index contributed by atoms with van der Waals surface area (Å²) in [5.74, 6) is 4.42. The van der Waals surface area contributed by atoms with Crippen molar-refractivity contribution < 1.29 is 20.8 Å². The number of hydrogen-bond donors (Lipinski definition) is 0. The minimum absolute atomic E-state index is 0.509. The topological polar surface area (TPSA) is 0 Å². The van der Waals surface area contributed by atoms with Gasteiger partial charge in [0, 0.05) is 9.52 Å². The first-order valence-electron chi connectivity index (χ1n) is 21.9. The van der Waals surface area contributed by atoms with Crippen LogP contribution in [0.4, 0.5) is 0 Å². The number of rotatable bonds is 6. The van der Waals surface area contributed by atoms with Gasteiger partial charge in [-0.05, 0) is 115 Å². The van der Waals surface area contributed by atoms with Crippen molar-refractivity contribution in [1.29, 1.82) is 0 Å². The Morgan fingerprint density at radius 2 is 1.18 bits per heavy atom. The van der Waals surface area contributed by atoms with Crippen molar-refractivity contribution in [2.24, 2.45) is 17.8 Å². The van der Waals surface area contributed by atoms with Gasteiger partial charge in [-0.15, -0.1) is 69.1 Å². The van der Waals surface area contributed by atoms with Crippen LogP contribution in [0.15, 0.2) is 109 Å². The van der Waals surface area contributed by atoms with E-state index in [1.54, 1.807) is 11.1 Å². The molecule has 0 aromatic heterocycles. The fourth-order valence-electron chi connectivity index (χ4n) is 11.4. The summed E-state index contributed by atoms with van der Waals surface area (Å²) in [6, 6.07) is 42.1. The monoisotopic (exact) mass is 886 g/mol. The van der Waals surface area contributed by atoms with Crippen LogP contribution < -0.4 is 0 Å². The third-order valence-corrected chi connectivity index (χ3v) is 13.8. The molecule has 0 spiro atoms. The third kappa shape index (κ3) is 9.88. The zero-order valence-corrected chi connectivity index (χ0v) is 40.0. The Morgan fingerprint density at radius 1 is 0.684 bits per heavy atom. The molecule has 5 aliphatic carbocycles. The van der Waals surface area contributed by atoms with Gasteiger partial charge >= 0.3 is 37.9 Å². The first-order valence-corrected chi connectivity index (χ1v) is 30.2. The summed E-state index contributed by atoms with van der Waals surface area (Å²) in [6.45, 7) is 11.1. The number of halogens is 2. The summed E-state index contributed by atoms with van der Waals surface area (Å²) in [6.07, 6.45) is 17.0. The standard InChI is InChI=1S/C27H29.C24H27.C2H6Si.2ClH.Zr/c1-2-18-13-23-4-3-5-25(26(23)14-18)22-6-8-24(9-7-22)27-15-19-10-20(16-27)12-21(11-19)17-27;1-17(2)18-11-13-20(14-12-18)23-10-6-9-21-15-22(16-24(21)23)19-7-4-3-5-8-19;1-3-2;;;/h3-9,13-14,19-21H,2,10-12,15-17H2,1H3;6,9-17,19H,3-5,7-8H2,1-2H3;1-2H3;2*1H;/q2*-1;;;;+4/p-2. The second-order valence-electron chi connectivity index (χ2n) is 18.1. The van der Waals surface area contributed by atoms with Crippen molar-refractivity contribution in [1.82, 2.24) is 0 Å². The average molecular weight is 889 g/mol. The Labute approximate surface area is 365 Å². The quantitative estimate of drug-likeness (QED) is 0.115. The molecule has 0 amide bonds. The SMILES string of the molecule is CC(C)c1ccc(-c2cccc3[cH-]c(C4CCCCC4)cc23)cc1.CCc1cc2c(-c3ccc(C45CC6CC(CC(C6)C4)C5)cc3)cccc2[cH-]1.C[Si]C.[Cl][Zr+2][Cl]. The van der Waals surface area contributed by atoms with Gasteiger partial charge in [0.25, 0.3) is 0 Å². The van der Waals surface area contributed by atoms with Crippen molar-refractivity contribution in [2.75, 3.05) is 0 Å². The predicted octanol–water partition coefficient (Wildman–Crippen LogP) is 16.8. The molecule has 0 nitrogen and oxygen atoms in total. The molecule has 0 unspecified atom stereocenters. The van der Waals surface area contributed by atoms with Crippen LogP contribution in [0.3, 0.4) is 0 Å². The normalized spacial score (nSPS) is 22.3. The number of benzene rings is 4. The van der Waals surface area contributed by atoms with Crippen molar-refractivity contribution in [2.45, 2.75) is 128 Å². The van der Waals surface area contributed by atoms with Gasteiger partial charge in [0.15, 0.2) is 0 Å². The van der Waals surface area contributed by atoms with Crippen LogP contribution >= 0.6 is 17.0 Å². The molecule has 0 N–H and O–H groups in total. The molecule has 0 atom stereocenters. The molecule has 2 radical (unpaired) electrons. The molecule has 5 fully saturated rings. The molecule has 5 aliphatic rings. The summed E-state index contributed by atoms with van der Waals surface area (Å²) in [4.78, 5) is 0. The molecule has 296 valence electrons. The molecule has 0 saturated heterocycles. The van der Waals surface area contributed by atoms with Crippen molar-refractivity contribution >= 4 is 48.1 Å². The molecular weight excluding hydrogens is 827 g/mol. The van der Waals surface area contributed by atoms with E-state index in [0.717, 1.165) is 39.6 Å². The predicted molar refractivity (Wildman–Crippen MR) is 248 cm³/mol. The summed E-state index contributed by atoms with van der Waals surface area (Å²) >= 11 is -0.826. The average Bonchev–Trinajstić information content (AvgIpc) is 3.87. The molecule has 4 heteroatoms. The van der Waals surface area contributed by atoms with E-state index in [9.17, 15) is 0 Å². The fraction of sp³-hybridized carbons (Fsp3) is 0.434. The second kappa shape index (κ2) is 19.9. The van der Waals surface area contributed by atoms with Gasteiger partial charge in [-0.2, -0.15) is 12.1 Å². The number of aryl methyl sites for hydroxylation is 1. The maximum absolute atomic E-state index is 4.93. The van der Waals surface area contributed by atoms with Crippen LogP contribution in [-0.4, -0.2) is 9.52 Å². The Hall–Kier alpha value is -2.22. The molecule has 57 heavy (non-hydrogen) atoms. The molecule has 5 saturated carbocycles. The van der Waals surface area contributed by atoms with Gasteiger partial charge in [-0.3, -0.25) is 0 Å². The third-order valence-electron chi connectivity index (χ3n) is 13.8. The van der Waals surface area contributed by atoms with E-state index in [2.05, 4.69) is 143 Å². The molecule has 6 aromatic rings. The van der Waals surface area contributed by atoms with Crippen LogP contribution in [0.5, 0.6) is 0 Å². The van der Waals surface area contributed by atoms with Gasteiger partial charge < -0.3 is 0 Å².